The molecule has 3 unspecified atom stereocenters. The van der Waals surface area contributed by atoms with Gasteiger partial charge in [0.05, 0.1) is 6.61 Å². The minimum Gasteiger partial charge on any atom is -0.533 e. The van der Waals surface area contributed by atoms with Gasteiger partial charge in [0.25, 0.3) is 0 Å². The Bertz CT molecular complexity index is 283. The van der Waals surface area contributed by atoms with E-state index in [1.807, 2.05) is 0 Å². The van der Waals surface area contributed by atoms with Crippen LogP contribution in [-0.2, 0) is 18.8 Å². The predicted molar refractivity (Wildman–Crippen MR) is 39.7 cm³/mol. The molecule has 0 spiro atoms. The highest BCUT2D eigenvalue weighted by Gasteiger charge is 2.62. The van der Waals surface area contributed by atoms with Crippen molar-refractivity contribution in [2.45, 2.75) is 12.1 Å². The van der Waals surface area contributed by atoms with Gasteiger partial charge in [0.15, 0.2) is 12.1 Å². The number of hydrogen-bond acceptors (Lipinski definition) is 7. The third-order valence-corrected chi connectivity index (χ3v) is 2.24. The monoisotopic (exact) mass is 206 g/mol. The predicted octanol–water partition coefficient (Wildman–Crippen LogP) is -3.40. The third kappa shape index (κ3) is 1.22. The van der Waals surface area contributed by atoms with Crippen molar-refractivity contribution >= 4 is 12.9 Å². The van der Waals surface area contributed by atoms with Crippen molar-refractivity contribution < 1.29 is 34.0 Å². The first kappa shape index (κ1) is 9.83. The summed E-state index contributed by atoms with van der Waals surface area (Å²) in [6, 6.07) is 0. The Morgan fingerprint density at radius 3 is 2.79 bits per heavy atom. The molecule has 0 aromatic carbocycles. The molecule has 0 bridgehead atoms. The lowest BCUT2D eigenvalue weighted by atomic mass is 10.0. The number of aliphatic hydroxyl groups is 1. The fraction of sp³-hybridized carbons (Fsp3) is 0.800. The summed E-state index contributed by atoms with van der Waals surface area (Å²) in [4.78, 5) is 10.9. The lowest BCUT2D eigenvalue weighted by molar-refractivity contribution is -0.206. The van der Waals surface area contributed by atoms with E-state index in [4.69, 9.17) is 20.5 Å². The van der Waals surface area contributed by atoms with Crippen molar-refractivity contribution in [2.75, 3.05) is 6.61 Å². The summed E-state index contributed by atoms with van der Waals surface area (Å²) in [5, 5.41) is 27.6. The second-order valence-electron chi connectivity index (χ2n) is 3.26. The molecule has 5 N–H and O–H groups in total. The summed E-state index contributed by atoms with van der Waals surface area (Å²) in [5.41, 5.74) is 4.96. The molecule has 0 aliphatic carbocycles. The van der Waals surface area contributed by atoms with Gasteiger partial charge in [-0.05, 0) is 0 Å². The second kappa shape index (κ2) is 2.66. The number of carbonyl (C=O) groups excluding carboxylic acids is 1. The van der Waals surface area contributed by atoms with Crippen molar-refractivity contribution in [3.8, 4) is 0 Å². The zero-order chi connectivity index (χ0) is 10.6. The minimum atomic E-state index is -3.60. The van der Waals surface area contributed by atoms with E-state index in [9.17, 15) is 9.90 Å². The van der Waals surface area contributed by atoms with Gasteiger partial charge in [0.1, 0.15) is 5.92 Å². The molecule has 2 aliphatic rings. The van der Waals surface area contributed by atoms with Crippen LogP contribution in [0.1, 0.15) is 0 Å². The van der Waals surface area contributed by atoms with Gasteiger partial charge in [-0.2, -0.15) is 0 Å². The van der Waals surface area contributed by atoms with Crippen LogP contribution in [0.4, 0.5) is 0 Å². The highest BCUT2D eigenvalue weighted by Crippen LogP contribution is 2.40. The van der Waals surface area contributed by atoms with Gasteiger partial charge < -0.3 is 34.9 Å². The van der Waals surface area contributed by atoms with Crippen molar-refractivity contribution in [3.05, 3.63) is 0 Å². The topological polar surface area (TPSA) is 131 Å². The van der Waals surface area contributed by atoms with E-state index in [1.165, 1.54) is 0 Å². The molecule has 1 amide bonds. The van der Waals surface area contributed by atoms with Crippen LogP contribution in [0.5, 0.6) is 0 Å². The Morgan fingerprint density at radius 2 is 2.21 bits per heavy atom. The largest absolute Gasteiger partial charge is 0.533 e. The minimum absolute atomic E-state index is 0.192. The molecule has 0 saturated carbocycles. The normalized spacial score (nSPS) is 45.1. The summed E-state index contributed by atoms with van der Waals surface area (Å²) in [6.45, 7) is -3.79. The molecule has 0 radical (unpaired) electrons. The average molecular weight is 206 g/mol. The number of nitrogens with two attached hydrogens (primary N) is 1. The molecule has 2 rings (SSSR count). The molecule has 8 nitrogen and oxygen atoms in total. The van der Waals surface area contributed by atoms with Gasteiger partial charge in [0.2, 0.25) is 5.91 Å². The second-order valence-corrected chi connectivity index (χ2v) is 3.26. The van der Waals surface area contributed by atoms with E-state index < -0.39 is 30.9 Å². The van der Waals surface area contributed by atoms with Crippen LogP contribution >= 0.6 is 0 Å². The zero-order valence-corrected chi connectivity index (χ0v) is 6.99. The molecule has 9 heteroatoms. The standard InChI is InChI=1S/C5H9BNO7/c7-3(8)2-1-12-4-5(2,9)14-6(10,11)13-4/h2,4,9-11H,1H2,(H2,7,8)/q-1. The lowest BCUT2D eigenvalue weighted by Crippen LogP contribution is -2.49. The quantitative estimate of drug-likeness (QED) is 0.328. The third-order valence-electron chi connectivity index (χ3n) is 2.24. The summed E-state index contributed by atoms with van der Waals surface area (Å²) >= 11 is 0. The van der Waals surface area contributed by atoms with E-state index in [2.05, 4.69) is 9.31 Å². The Balaban J connectivity index is 2.26. The van der Waals surface area contributed by atoms with Gasteiger partial charge in [-0.25, -0.2) is 0 Å². The van der Waals surface area contributed by atoms with E-state index in [0.717, 1.165) is 0 Å². The summed E-state index contributed by atoms with van der Waals surface area (Å²) in [7, 11) is 0. The Kier molecular flexibility index (Phi) is 1.87. The Hall–Kier alpha value is -0.705. The Morgan fingerprint density at radius 1 is 1.57 bits per heavy atom. The molecule has 80 valence electrons. The van der Waals surface area contributed by atoms with E-state index in [1.54, 1.807) is 0 Å². The SMILES string of the molecule is NC(=O)C1COC2O[B-](O)(O)OC21O. The number of rotatable bonds is 1. The van der Waals surface area contributed by atoms with Gasteiger partial charge in [-0.15, -0.1) is 0 Å². The van der Waals surface area contributed by atoms with Crippen molar-refractivity contribution in [1.29, 1.82) is 0 Å². The highest BCUT2D eigenvalue weighted by molar-refractivity contribution is 6.51. The number of fused-ring (bicyclic) bond motifs is 1. The maximum absolute atomic E-state index is 10.9. The molecule has 0 aromatic rings. The first-order chi connectivity index (χ1) is 6.35. The Labute approximate surface area is 78.2 Å². The molecule has 2 saturated heterocycles. The van der Waals surface area contributed by atoms with Crippen molar-refractivity contribution in [1.82, 2.24) is 0 Å². The number of amides is 1. The fourth-order valence-electron chi connectivity index (χ4n) is 1.58. The van der Waals surface area contributed by atoms with Gasteiger partial charge in [-0.1, -0.05) is 0 Å². The maximum Gasteiger partial charge on any atom is 0.530 e. The number of ether oxygens (including phenoxy) is 1. The zero-order valence-electron chi connectivity index (χ0n) is 6.99. The van der Waals surface area contributed by atoms with E-state index >= 15 is 0 Å². The number of hydrogen-bond donors (Lipinski definition) is 4. The summed E-state index contributed by atoms with van der Waals surface area (Å²) in [5.74, 6) is -4.27. The first-order valence-corrected chi connectivity index (χ1v) is 3.94. The smallest absolute Gasteiger partial charge is 0.530 e. The van der Waals surface area contributed by atoms with Crippen LogP contribution in [0.15, 0.2) is 0 Å². The fourth-order valence-corrected chi connectivity index (χ4v) is 1.58. The molecular weight excluding hydrogens is 197 g/mol. The van der Waals surface area contributed by atoms with Crippen molar-refractivity contribution in [3.63, 3.8) is 0 Å². The number of carbonyl (C=O) groups is 1. The lowest BCUT2D eigenvalue weighted by Gasteiger charge is -2.29. The van der Waals surface area contributed by atoms with Crippen LogP contribution in [0.2, 0.25) is 0 Å². The van der Waals surface area contributed by atoms with Crippen LogP contribution in [0.25, 0.3) is 0 Å². The van der Waals surface area contributed by atoms with Crippen LogP contribution in [-0.4, -0.2) is 46.7 Å². The summed E-state index contributed by atoms with van der Waals surface area (Å²) in [6.07, 6.45) is -1.41. The molecular formula is C5H9BNO7-. The van der Waals surface area contributed by atoms with Crippen LogP contribution < -0.4 is 5.73 Å². The molecule has 14 heavy (non-hydrogen) atoms. The first-order valence-electron chi connectivity index (χ1n) is 3.94. The molecule has 2 fully saturated rings. The van der Waals surface area contributed by atoms with Crippen LogP contribution in [0, 0.1) is 5.92 Å². The molecule has 0 aromatic heterocycles. The van der Waals surface area contributed by atoms with Gasteiger partial charge in [0, 0.05) is 0 Å². The van der Waals surface area contributed by atoms with Crippen LogP contribution in [0.3, 0.4) is 0 Å². The van der Waals surface area contributed by atoms with Gasteiger partial charge >= 0.3 is 6.96 Å². The molecule has 2 heterocycles. The van der Waals surface area contributed by atoms with E-state index in [0.29, 0.717) is 0 Å². The maximum atomic E-state index is 10.9. The van der Waals surface area contributed by atoms with Crippen molar-refractivity contribution in [2.24, 2.45) is 11.7 Å². The average Bonchev–Trinajstić information content (AvgIpc) is 2.35. The van der Waals surface area contributed by atoms with Gasteiger partial charge in [-0.3, -0.25) is 4.79 Å². The highest BCUT2D eigenvalue weighted by atomic mass is 16.9. The van der Waals surface area contributed by atoms with E-state index in [-0.39, 0.29) is 6.61 Å². The summed E-state index contributed by atoms with van der Waals surface area (Å²) < 4.78 is 13.6. The molecule has 3 atom stereocenters. The number of primary amides is 1. The molecule has 2 aliphatic heterocycles.